The third-order valence-corrected chi connectivity index (χ3v) is 0.961. The maximum absolute atomic E-state index is 4.87. The molecule has 0 saturated heterocycles. The van der Waals surface area contributed by atoms with E-state index in [1.165, 1.54) is 0 Å². The van der Waals surface area contributed by atoms with Gasteiger partial charge in [-0.3, -0.25) is 0 Å². The van der Waals surface area contributed by atoms with E-state index in [1.54, 1.807) is 14.2 Å². The lowest BCUT2D eigenvalue weighted by Gasteiger charge is -1.97. The van der Waals surface area contributed by atoms with Gasteiger partial charge < -0.3 is 9.57 Å². The average molecular weight is 115 g/mol. The predicted octanol–water partition coefficient (Wildman–Crippen LogP) is 0.0499. The molecule has 0 amide bonds. The van der Waals surface area contributed by atoms with Crippen molar-refractivity contribution in [2.24, 2.45) is 0 Å². The molecule has 1 aliphatic rings. The monoisotopic (exact) mass is 115 g/mol. The van der Waals surface area contributed by atoms with Crippen LogP contribution in [-0.4, -0.2) is 20.3 Å². The second-order valence-corrected chi connectivity index (χ2v) is 1.53. The molecule has 3 nitrogen and oxygen atoms in total. The molecule has 0 aliphatic heterocycles. The lowest BCUT2D eigenvalue weighted by atomic mass is 10.7. The normalized spacial score (nSPS) is 24.8. The molecule has 3 heteroatoms. The van der Waals surface area contributed by atoms with Gasteiger partial charge in [-0.1, -0.05) is 0 Å². The first kappa shape index (κ1) is 5.59. The van der Waals surface area contributed by atoms with E-state index in [1.807, 2.05) is 6.08 Å². The van der Waals surface area contributed by atoms with Crippen molar-refractivity contribution in [1.29, 1.82) is 0 Å². The molecule has 1 N–H and O–H groups in total. The van der Waals surface area contributed by atoms with Crippen LogP contribution in [0.3, 0.4) is 0 Å². The minimum atomic E-state index is 0.127. The van der Waals surface area contributed by atoms with Crippen LogP contribution in [0.5, 0.6) is 0 Å². The Kier molecular flexibility index (Phi) is 1.50. The van der Waals surface area contributed by atoms with Crippen LogP contribution in [0.4, 0.5) is 0 Å². The van der Waals surface area contributed by atoms with Gasteiger partial charge in [-0.15, -0.1) is 0 Å². The van der Waals surface area contributed by atoms with Crippen molar-refractivity contribution in [2.75, 3.05) is 14.2 Å². The van der Waals surface area contributed by atoms with Gasteiger partial charge in [0.15, 0.2) is 5.76 Å². The van der Waals surface area contributed by atoms with Crippen LogP contribution in [0.2, 0.25) is 0 Å². The second-order valence-electron chi connectivity index (χ2n) is 1.53. The number of nitrogens with one attached hydrogen (secondary N) is 1. The molecular formula is C5H9NO2. The fraction of sp³-hybridized carbons (Fsp3) is 0.600. The second kappa shape index (κ2) is 2.15. The molecule has 0 spiro atoms. The first-order valence-electron chi connectivity index (χ1n) is 2.46. The Balaban J connectivity index is 2.06. The third kappa shape index (κ3) is 0.993. The Labute approximate surface area is 48.2 Å². The van der Waals surface area contributed by atoms with Gasteiger partial charge in [-0.25, -0.2) is 0 Å². The SMILES string of the molecule is CNOC1=CC1OC. The van der Waals surface area contributed by atoms with E-state index in [0.717, 1.165) is 5.76 Å². The zero-order valence-electron chi connectivity index (χ0n) is 4.97. The van der Waals surface area contributed by atoms with Crippen molar-refractivity contribution in [3.05, 3.63) is 11.8 Å². The van der Waals surface area contributed by atoms with Crippen molar-refractivity contribution in [1.82, 2.24) is 5.48 Å². The average Bonchev–Trinajstić information content (AvgIpc) is 2.48. The number of rotatable bonds is 3. The smallest absolute Gasteiger partial charge is 0.156 e. The Morgan fingerprint density at radius 1 is 1.75 bits per heavy atom. The largest absolute Gasteiger partial charge is 0.411 e. The Morgan fingerprint density at radius 2 is 2.50 bits per heavy atom. The maximum atomic E-state index is 4.87. The summed E-state index contributed by atoms with van der Waals surface area (Å²) < 4.78 is 4.87. The molecule has 0 radical (unpaired) electrons. The first-order valence-corrected chi connectivity index (χ1v) is 2.46. The number of ether oxygens (including phenoxy) is 1. The summed E-state index contributed by atoms with van der Waals surface area (Å²) in [7, 11) is 3.36. The van der Waals surface area contributed by atoms with Gasteiger partial charge in [0, 0.05) is 14.2 Å². The quantitative estimate of drug-likeness (QED) is 0.527. The summed E-state index contributed by atoms with van der Waals surface area (Å²) in [4.78, 5) is 4.84. The van der Waals surface area contributed by atoms with Crippen molar-refractivity contribution in [2.45, 2.75) is 6.10 Å². The molecule has 0 bridgehead atoms. The molecule has 0 saturated carbocycles. The van der Waals surface area contributed by atoms with Gasteiger partial charge in [0.05, 0.1) is 0 Å². The van der Waals surface area contributed by atoms with Crippen molar-refractivity contribution in [3.8, 4) is 0 Å². The molecule has 8 heavy (non-hydrogen) atoms. The molecule has 1 atom stereocenters. The van der Waals surface area contributed by atoms with Gasteiger partial charge in [0.2, 0.25) is 0 Å². The zero-order valence-corrected chi connectivity index (χ0v) is 4.97. The van der Waals surface area contributed by atoms with Gasteiger partial charge in [-0.2, -0.15) is 5.48 Å². The van der Waals surface area contributed by atoms with E-state index in [9.17, 15) is 0 Å². The first-order chi connectivity index (χ1) is 3.88. The van der Waals surface area contributed by atoms with Crippen LogP contribution in [-0.2, 0) is 9.57 Å². The lowest BCUT2D eigenvalue weighted by Crippen LogP contribution is -2.06. The van der Waals surface area contributed by atoms with Gasteiger partial charge in [0.1, 0.15) is 6.10 Å². The summed E-state index contributed by atoms with van der Waals surface area (Å²) in [5, 5.41) is 0. The summed E-state index contributed by atoms with van der Waals surface area (Å²) in [5.74, 6) is 0.870. The summed E-state index contributed by atoms with van der Waals surface area (Å²) in [6, 6.07) is 0. The van der Waals surface area contributed by atoms with Gasteiger partial charge >= 0.3 is 0 Å². The number of hydrogen-bond acceptors (Lipinski definition) is 3. The molecular weight excluding hydrogens is 106 g/mol. The van der Waals surface area contributed by atoms with E-state index in [4.69, 9.17) is 9.57 Å². The van der Waals surface area contributed by atoms with Crippen molar-refractivity contribution in [3.63, 3.8) is 0 Å². The van der Waals surface area contributed by atoms with Gasteiger partial charge in [0.25, 0.3) is 0 Å². The highest BCUT2D eigenvalue weighted by Crippen LogP contribution is 2.22. The van der Waals surface area contributed by atoms with E-state index in [2.05, 4.69) is 5.48 Å². The standard InChI is InChI=1S/C5H9NO2/c1-6-8-5-3-4(5)7-2/h3-4,6H,1-2H3. The molecule has 1 aliphatic carbocycles. The fourth-order valence-electron chi connectivity index (χ4n) is 0.495. The van der Waals surface area contributed by atoms with E-state index in [-0.39, 0.29) is 6.10 Å². The minimum absolute atomic E-state index is 0.127. The topological polar surface area (TPSA) is 30.5 Å². The molecule has 46 valence electrons. The van der Waals surface area contributed by atoms with Crippen LogP contribution in [0, 0.1) is 0 Å². The van der Waals surface area contributed by atoms with Crippen LogP contribution < -0.4 is 5.48 Å². The molecule has 0 fully saturated rings. The van der Waals surface area contributed by atoms with Crippen LogP contribution in [0.25, 0.3) is 0 Å². The molecule has 0 aromatic carbocycles. The van der Waals surface area contributed by atoms with Crippen LogP contribution in [0.1, 0.15) is 0 Å². The molecule has 1 rings (SSSR count). The predicted molar refractivity (Wildman–Crippen MR) is 29.0 cm³/mol. The van der Waals surface area contributed by atoms with Crippen LogP contribution in [0.15, 0.2) is 11.8 Å². The number of hydroxylamine groups is 1. The summed E-state index contributed by atoms with van der Waals surface area (Å²) >= 11 is 0. The van der Waals surface area contributed by atoms with Gasteiger partial charge in [-0.05, 0) is 6.08 Å². The highest BCUT2D eigenvalue weighted by Gasteiger charge is 2.26. The number of methoxy groups -OCH3 is 1. The maximum Gasteiger partial charge on any atom is 0.156 e. The van der Waals surface area contributed by atoms with E-state index in [0.29, 0.717) is 0 Å². The lowest BCUT2D eigenvalue weighted by molar-refractivity contribution is 0.0889. The van der Waals surface area contributed by atoms with Crippen molar-refractivity contribution >= 4 is 0 Å². The van der Waals surface area contributed by atoms with Crippen LogP contribution >= 0.6 is 0 Å². The summed E-state index contributed by atoms with van der Waals surface area (Å²) in [6.07, 6.45) is 2.01. The summed E-state index contributed by atoms with van der Waals surface area (Å²) in [6.45, 7) is 0. The molecule has 0 aromatic heterocycles. The number of hydrogen-bond donors (Lipinski definition) is 1. The Hall–Kier alpha value is -0.540. The highest BCUT2D eigenvalue weighted by atomic mass is 16.7. The summed E-state index contributed by atoms with van der Waals surface area (Å²) in [5.41, 5.74) is 2.55. The molecule has 0 aromatic rings. The Morgan fingerprint density at radius 3 is 2.88 bits per heavy atom. The third-order valence-electron chi connectivity index (χ3n) is 0.961. The highest BCUT2D eigenvalue weighted by molar-refractivity contribution is 5.25. The Bertz CT molecular complexity index is 111. The molecule has 0 heterocycles. The van der Waals surface area contributed by atoms with Crippen molar-refractivity contribution < 1.29 is 9.57 Å². The van der Waals surface area contributed by atoms with E-state index < -0.39 is 0 Å². The zero-order chi connectivity index (χ0) is 5.98. The van der Waals surface area contributed by atoms with E-state index >= 15 is 0 Å². The minimum Gasteiger partial charge on any atom is -0.411 e. The molecule has 1 unspecified atom stereocenters. The fourth-order valence-corrected chi connectivity index (χ4v) is 0.495.